The average molecular weight is 283 g/mol. The van der Waals surface area contributed by atoms with E-state index in [4.69, 9.17) is 0 Å². The maximum absolute atomic E-state index is 12.0. The van der Waals surface area contributed by atoms with Gasteiger partial charge in [-0.2, -0.15) is 0 Å². The zero-order chi connectivity index (χ0) is 15.2. The maximum Gasteiger partial charge on any atom is 0.237 e. The van der Waals surface area contributed by atoms with Gasteiger partial charge in [-0.05, 0) is 46.5 Å². The lowest BCUT2D eigenvalue weighted by molar-refractivity contribution is -0.131. The van der Waals surface area contributed by atoms with Gasteiger partial charge in [0.2, 0.25) is 11.8 Å². The Bertz CT molecular complexity index is 336. The van der Waals surface area contributed by atoms with Crippen molar-refractivity contribution in [3.8, 4) is 0 Å². The smallest absolute Gasteiger partial charge is 0.237 e. The molecule has 1 rings (SSSR count). The summed E-state index contributed by atoms with van der Waals surface area (Å²) < 4.78 is 0. The van der Waals surface area contributed by atoms with Gasteiger partial charge in [-0.1, -0.05) is 6.92 Å². The van der Waals surface area contributed by atoms with Crippen molar-refractivity contribution in [2.24, 2.45) is 0 Å². The fraction of sp³-hybridized carbons (Fsp3) is 0.867. The first kappa shape index (κ1) is 17.0. The van der Waals surface area contributed by atoms with Crippen molar-refractivity contribution in [3.63, 3.8) is 0 Å². The van der Waals surface area contributed by atoms with Crippen LogP contribution in [0.1, 0.15) is 53.4 Å². The van der Waals surface area contributed by atoms with Crippen molar-refractivity contribution >= 4 is 11.8 Å². The fourth-order valence-corrected chi connectivity index (χ4v) is 2.12. The van der Waals surface area contributed by atoms with Crippen molar-refractivity contribution < 1.29 is 9.59 Å². The zero-order valence-corrected chi connectivity index (χ0v) is 13.3. The SMILES string of the molecule is CCC(C)(C)NC(=O)C(C)NCC(=O)N1CCCCC1. The van der Waals surface area contributed by atoms with Gasteiger partial charge in [-0.3, -0.25) is 14.9 Å². The van der Waals surface area contributed by atoms with Crippen LogP contribution in [-0.4, -0.2) is 47.9 Å². The lowest BCUT2D eigenvalue weighted by Gasteiger charge is -2.28. The Balaban J connectivity index is 2.32. The highest BCUT2D eigenvalue weighted by molar-refractivity contribution is 5.83. The number of carbonyl (C=O) groups is 2. The molecule has 0 aromatic rings. The van der Waals surface area contributed by atoms with E-state index in [9.17, 15) is 9.59 Å². The minimum Gasteiger partial charge on any atom is -0.350 e. The van der Waals surface area contributed by atoms with Gasteiger partial charge in [0, 0.05) is 18.6 Å². The molecule has 1 aliphatic rings. The molecule has 116 valence electrons. The summed E-state index contributed by atoms with van der Waals surface area (Å²) in [4.78, 5) is 25.9. The second kappa shape index (κ2) is 7.62. The third-order valence-electron chi connectivity index (χ3n) is 4.01. The monoisotopic (exact) mass is 283 g/mol. The first-order valence-electron chi connectivity index (χ1n) is 7.69. The van der Waals surface area contributed by atoms with Gasteiger partial charge in [0.25, 0.3) is 0 Å². The summed E-state index contributed by atoms with van der Waals surface area (Å²) in [6.07, 6.45) is 4.26. The number of amides is 2. The van der Waals surface area contributed by atoms with Crippen LogP contribution < -0.4 is 10.6 Å². The lowest BCUT2D eigenvalue weighted by Crippen LogP contribution is -2.52. The molecule has 5 heteroatoms. The predicted octanol–water partition coefficient (Wildman–Crippen LogP) is 1.28. The van der Waals surface area contributed by atoms with E-state index < -0.39 is 0 Å². The highest BCUT2D eigenvalue weighted by Gasteiger charge is 2.23. The van der Waals surface area contributed by atoms with E-state index in [0.29, 0.717) is 0 Å². The van der Waals surface area contributed by atoms with Crippen LogP contribution in [0.2, 0.25) is 0 Å². The topological polar surface area (TPSA) is 61.4 Å². The number of hydrogen-bond donors (Lipinski definition) is 2. The summed E-state index contributed by atoms with van der Waals surface area (Å²) in [6, 6.07) is -0.352. The highest BCUT2D eigenvalue weighted by Crippen LogP contribution is 2.09. The van der Waals surface area contributed by atoms with Gasteiger partial charge in [-0.15, -0.1) is 0 Å². The minimum atomic E-state index is -0.352. The molecule has 1 atom stereocenters. The lowest BCUT2D eigenvalue weighted by atomic mass is 10.0. The first-order chi connectivity index (χ1) is 9.35. The molecule has 1 heterocycles. The zero-order valence-electron chi connectivity index (χ0n) is 13.3. The van der Waals surface area contributed by atoms with Crippen LogP contribution in [0, 0.1) is 0 Å². The number of likely N-dealkylation sites (tertiary alicyclic amines) is 1. The summed E-state index contributed by atoms with van der Waals surface area (Å²) >= 11 is 0. The number of rotatable bonds is 6. The Hall–Kier alpha value is -1.10. The summed E-state index contributed by atoms with van der Waals surface area (Å²) in [5.41, 5.74) is -0.204. The molecule has 0 aromatic carbocycles. The van der Waals surface area contributed by atoms with Crippen LogP contribution in [0.25, 0.3) is 0 Å². The molecule has 1 aliphatic heterocycles. The molecule has 0 saturated carbocycles. The Kier molecular flexibility index (Phi) is 6.46. The largest absolute Gasteiger partial charge is 0.350 e. The molecule has 5 nitrogen and oxygen atoms in total. The van der Waals surface area contributed by atoms with E-state index in [1.807, 2.05) is 25.7 Å². The van der Waals surface area contributed by atoms with Crippen LogP contribution in [0.4, 0.5) is 0 Å². The standard InChI is InChI=1S/C15H29N3O2/c1-5-15(3,4)17-14(20)12(2)16-11-13(19)18-9-7-6-8-10-18/h12,16H,5-11H2,1-4H3,(H,17,20). The van der Waals surface area contributed by atoms with Crippen molar-refractivity contribution in [1.29, 1.82) is 0 Å². The fourth-order valence-electron chi connectivity index (χ4n) is 2.12. The first-order valence-corrected chi connectivity index (χ1v) is 7.69. The molecule has 2 N–H and O–H groups in total. The summed E-state index contributed by atoms with van der Waals surface area (Å²) in [7, 11) is 0. The summed E-state index contributed by atoms with van der Waals surface area (Å²) in [6.45, 7) is 9.77. The van der Waals surface area contributed by atoms with Gasteiger partial charge in [0.05, 0.1) is 12.6 Å². The highest BCUT2D eigenvalue weighted by atomic mass is 16.2. The van der Waals surface area contributed by atoms with Gasteiger partial charge >= 0.3 is 0 Å². The van der Waals surface area contributed by atoms with Crippen molar-refractivity contribution in [3.05, 3.63) is 0 Å². The van der Waals surface area contributed by atoms with Gasteiger partial charge < -0.3 is 10.2 Å². The Morgan fingerprint density at radius 3 is 2.35 bits per heavy atom. The molecular formula is C15H29N3O2. The van der Waals surface area contributed by atoms with Crippen LogP contribution >= 0.6 is 0 Å². The van der Waals surface area contributed by atoms with E-state index in [1.165, 1.54) is 6.42 Å². The quantitative estimate of drug-likeness (QED) is 0.772. The van der Waals surface area contributed by atoms with E-state index in [2.05, 4.69) is 10.6 Å². The normalized spacial score (nSPS) is 17.7. The van der Waals surface area contributed by atoms with E-state index >= 15 is 0 Å². The van der Waals surface area contributed by atoms with E-state index in [1.54, 1.807) is 6.92 Å². The second-order valence-electron chi connectivity index (χ2n) is 6.27. The molecule has 1 saturated heterocycles. The van der Waals surface area contributed by atoms with Gasteiger partial charge in [0.15, 0.2) is 0 Å². The average Bonchev–Trinajstić information content (AvgIpc) is 2.44. The summed E-state index contributed by atoms with van der Waals surface area (Å²) in [5, 5.41) is 6.01. The minimum absolute atomic E-state index is 0.0525. The van der Waals surface area contributed by atoms with Gasteiger partial charge in [0.1, 0.15) is 0 Å². The Morgan fingerprint density at radius 1 is 1.20 bits per heavy atom. The molecule has 2 amide bonds. The molecule has 0 bridgehead atoms. The number of nitrogens with one attached hydrogen (secondary N) is 2. The van der Waals surface area contributed by atoms with Crippen LogP contribution in [0.15, 0.2) is 0 Å². The molecule has 1 fully saturated rings. The second-order valence-corrected chi connectivity index (χ2v) is 6.27. The third kappa shape index (κ3) is 5.49. The molecule has 0 aromatic heterocycles. The van der Waals surface area contributed by atoms with Crippen LogP contribution in [-0.2, 0) is 9.59 Å². The number of nitrogens with zero attached hydrogens (tertiary/aromatic N) is 1. The number of piperidine rings is 1. The van der Waals surface area contributed by atoms with Crippen molar-refractivity contribution in [1.82, 2.24) is 15.5 Å². The maximum atomic E-state index is 12.0. The third-order valence-corrected chi connectivity index (χ3v) is 4.01. The van der Waals surface area contributed by atoms with E-state index in [-0.39, 0.29) is 29.9 Å². The molecule has 0 radical (unpaired) electrons. The molecule has 20 heavy (non-hydrogen) atoms. The molecule has 0 aliphatic carbocycles. The van der Waals surface area contributed by atoms with Crippen LogP contribution in [0.3, 0.4) is 0 Å². The predicted molar refractivity (Wildman–Crippen MR) is 80.4 cm³/mol. The van der Waals surface area contributed by atoms with Crippen molar-refractivity contribution in [2.75, 3.05) is 19.6 Å². The van der Waals surface area contributed by atoms with Crippen molar-refractivity contribution in [2.45, 2.75) is 65.0 Å². The van der Waals surface area contributed by atoms with E-state index in [0.717, 1.165) is 32.4 Å². The molecule has 0 spiro atoms. The Morgan fingerprint density at radius 2 is 1.80 bits per heavy atom. The Labute approximate surface area is 122 Å². The number of carbonyl (C=O) groups excluding carboxylic acids is 2. The summed E-state index contributed by atoms with van der Waals surface area (Å²) in [5.74, 6) is 0.0439. The van der Waals surface area contributed by atoms with Crippen LogP contribution in [0.5, 0.6) is 0 Å². The molecule has 1 unspecified atom stereocenters. The molecular weight excluding hydrogens is 254 g/mol. The van der Waals surface area contributed by atoms with Gasteiger partial charge in [-0.25, -0.2) is 0 Å². The number of hydrogen-bond acceptors (Lipinski definition) is 3.